The van der Waals surface area contributed by atoms with Gasteiger partial charge in [-0.2, -0.15) is 0 Å². The summed E-state index contributed by atoms with van der Waals surface area (Å²) >= 11 is 0. The first-order valence-electron chi connectivity index (χ1n) is 6.08. The number of nitrogens with one attached hydrogen (secondary N) is 1. The monoisotopic (exact) mass is 217 g/mol. The lowest BCUT2D eigenvalue weighted by molar-refractivity contribution is 0.173. The second-order valence-electron chi connectivity index (χ2n) is 4.86. The molecule has 0 bridgehead atoms. The van der Waals surface area contributed by atoms with E-state index in [4.69, 9.17) is 9.47 Å². The van der Waals surface area contributed by atoms with Crippen molar-refractivity contribution in [3.05, 3.63) is 23.3 Å². The molecule has 2 aliphatic heterocycles. The van der Waals surface area contributed by atoms with Crippen LogP contribution in [0.15, 0.2) is 12.1 Å². The molecule has 1 N–H and O–H groups in total. The maximum atomic E-state index is 5.60. The summed E-state index contributed by atoms with van der Waals surface area (Å²) in [5.41, 5.74) is 2.89. The minimum Gasteiger partial charge on any atom is -0.454 e. The molecule has 0 amide bonds. The van der Waals surface area contributed by atoms with Crippen LogP contribution >= 0.6 is 0 Å². The first-order valence-corrected chi connectivity index (χ1v) is 6.08. The fourth-order valence-electron chi connectivity index (χ4n) is 3.39. The van der Waals surface area contributed by atoms with E-state index in [-0.39, 0.29) is 0 Å². The SMILES string of the molecule is c1cc2c(c3c1OCO3)CCC1NCC[C@@H]21. The van der Waals surface area contributed by atoms with Crippen molar-refractivity contribution in [2.75, 3.05) is 13.3 Å². The normalized spacial score (nSPS) is 30.0. The summed E-state index contributed by atoms with van der Waals surface area (Å²) in [6.45, 7) is 1.54. The standard InChI is InChI=1S/C13H15NO2/c1-3-11-9(5-6-14-11)8-2-4-12-13(10(1)8)16-7-15-12/h2,4,9,11,14H,1,3,5-7H2/t9-,11?/m0/s1. The molecular weight excluding hydrogens is 202 g/mol. The van der Waals surface area contributed by atoms with Crippen molar-refractivity contribution in [3.8, 4) is 11.5 Å². The van der Waals surface area contributed by atoms with E-state index in [0.717, 1.165) is 24.5 Å². The predicted molar refractivity (Wildman–Crippen MR) is 60.0 cm³/mol. The number of ether oxygens (including phenoxy) is 2. The summed E-state index contributed by atoms with van der Waals surface area (Å²) in [7, 11) is 0. The third-order valence-corrected chi connectivity index (χ3v) is 4.13. The molecule has 2 atom stereocenters. The van der Waals surface area contributed by atoms with Gasteiger partial charge in [0.05, 0.1) is 0 Å². The van der Waals surface area contributed by atoms with E-state index < -0.39 is 0 Å². The van der Waals surface area contributed by atoms with Crippen molar-refractivity contribution in [3.63, 3.8) is 0 Å². The molecule has 4 rings (SSSR count). The maximum absolute atomic E-state index is 5.60. The molecule has 0 spiro atoms. The molecule has 3 heteroatoms. The van der Waals surface area contributed by atoms with Gasteiger partial charge in [-0.05, 0) is 37.4 Å². The summed E-state index contributed by atoms with van der Waals surface area (Å²) in [6, 6.07) is 5.00. The fourth-order valence-corrected chi connectivity index (χ4v) is 3.39. The largest absolute Gasteiger partial charge is 0.454 e. The van der Waals surface area contributed by atoms with Crippen LogP contribution in [-0.2, 0) is 6.42 Å². The van der Waals surface area contributed by atoms with E-state index >= 15 is 0 Å². The molecule has 1 aromatic rings. The van der Waals surface area contributed by atoms with Gasteiger partial charge in [-0.15, -0.1) is 0 Å². The van der Waals surface area contributed by atoms with Gasteiger partial charge in [0.2, 0.25) is 6.79 Å². The smallest absolute Gasteiger partial charge is 0.231 e. The van der Waals surface area contributed by atoms with Gasteiger partial charge < -0.3 is 14.8 Å². The Morgan fingerprint density at radius 3 is 3.19 bits per heavy atom. The zero-order chi connectivity index (χ0) is 10.5. The molecule has 0 radical (unpaired) electrons. The third-order valence-electron chi connectivity index (χ3n) is 4.13. The second kappa shape index (κ2) is 3.14. The summed E-state index contributed by atoms with van der Waals surface area (Å²) < 4.78 is 11.0. The average Bonchev–Trinajstić information content (AvgIpc) is 2.96. The molecule has 1 aromatic carbocycles. The average molecular weight is 217 g/mol. The van der Waals surface area contributed by atoms with Crippen molar-refractivity contribution in [2.45, 2.75) is 31.2 Å². The maximum Gasteiger partial charge on any atom is 0.231 e. The van der Waals surface area contributed by atoms with Crippen LogP contribution in [0, 0.1) is 0 Å². The molecular formula is C13H15NO2. The molecule has 2 heterocycles. The Bertz CT molecular complexity index is 444. The van der Waals surface area contributed by atoms with Gasteiger partial charge >= 0.3 is 0 Å². The number of rotatable bonds is 0. The van der Waals surface area contributed by atoms with Crippen LogP contribution in [-0.4, -0.2) is 19.4 Å². The topological polar surface area (TPSA) is 30.5 Å². The number of benzene rings is 1. The first-order chi connectivity index (χ1) is 7.93. The van der Waals surface area contributed by atoms with E-state index in [2.05, 4.69) is 17.4 Å². The van der Waals surface area contributed by atoms with Crippen LogP contribution in [0.5, 0.6) is 11.5 Å². The lowest BCUT2D eigenvalue weighted by atomic mass is 9.79. The lowest BCUT2D eigenvalue weighted by Gasteiger charge is -2.28. The molecule has 3 aliphatic rings. The van der Waals surface area contributed by atoms with Crippen LogP contribution < -0.4 is 14.8 Å². The fraction of sp³-hybridized carbons (Fsp3) is 0.538. The van der Waals surface area contributed by atoms with E-state index in [1.807, 2.05) is 0 Å². The molecule has 3 nitrogen and oxygen atoms in total. The van der Waals surface area contributed by atoms with E-state index in [1.54, 1.807) is 0 Å². The highest BCUT2D eigenvalue weighted by molar-refractivity contribution is 5.54. The lowest BCUT2D eigenvalue weighted by Crippen LogP contribution is -2.30. The number of hydrogen-bond donors (Lipinski definition) is 1. The van der Waals surface area contributed by atoms with Crippen molar-refractivity contribution >= 4 is 0 Å². The van der Waals surface area contributed by atoms with Gasteiger partial charge in [0.1, 0.15) is 0 Å². The summed E-state index contributed by atoms with van der Waals surface area (Å²) in [6.07, 6.45) is 3.62. The van der Waals surface area contributed by atoms with Gasteiger partial charge in [-0.1, -0.05) is 6.07 Å². The van der Waals surface area contributed by atoms with Gasteiger partial charge in [0.25, 0.3) is 0 Å². The van der Waals surface area contributed by atoms with Crippen molar-refractivity contribution in [2.24, 2.45) is 0 Å². The molecule has 0 aromatic heterocycles. The Hall–Kier alpha value is -1.22. The minimum atomic E-state index is 0.387. The van der Waals surface area contributed by atoms with E-state index in [9.17, 15) is 0 Å². The first kappa shape index (κ1) is 8.88. The molecule has 16 heavy (non-hydrogen) atoms. The Morgan fingerprint density at radius 1 is 1.19 bits per heavy atom. The van der Waals surface area contributed by atoms with Gasteiger partial charge in [0, 0.05) is 17.5 Å². The summed E-state index contributed by atoms with van der Waals surface area (Å²) in [5.74, 6) is 2.64. The molecule has 1 fully saturated rings. The van der Waals surface area contributed by atoms with E-state index in [0.29, 0.717) is 18.8 Å². The molecule has 1 unspecified atom stereocenters. The molecule has 0 saturated carbocycles. The van der Waals surface area contributed by atoms with Gasteiger partial charge in [-0.3, -0.25) is 0 Å². The van der Waals surface area contributed by atoms with Crippen molar-refractivity contribution < 1.29 is 9.47 Å². The zero-order valence-corrected chi connectivity index (χ0v) is 9.16. The van der Waals surface area contributed by atoms with Crippen LogP contribution in [0.25, 0.3) is 0 Å². The van der Waals surface area contributed by atoms with Crippen LogP contribution in [0.2, 0.25) is 0 Å². The van der Waals surface area contributed by atoms with Crippen molar-refractivity contribution in [1.82, 2.24) is 5.32 Å². The Morgan fingerprint density at radius 2 is 2.19 bits per heavy atom. The minimum absolute atomic E-state index is 0.387. The van der Waals surface area contributed by atoms with E-state index in [1.165, 1.54) is 24.0 Å². The second-order valence-corrected chi connectivity index (χ2v) is 4.86. The highest BCUT2D eigenvalue weighted by atomic mass is 16.7. The van der Waals surface area contributed by atoms with Crippen LogP contribution in [0.4, 0.5) is 0 Å². The van der Waals surface area contributed by atoms with Gasteiger partial charge in [0.15, 0.2) is 11.5 Å². The Kier molecular flexibility index (Phi) is 1.74. The zero-order valence-electron chi connectivity index (χ0n) is 9.16. The van der Waals surface area contributed by atoms with Crippen LogP contribution in [0.3, 0.4) is 0 Å². The summed E-state index contributed by atoms with van der Waals surface area (Å²) in [5, 5.41) is 3.60. The highest BCUT2D eigenvalue weighted by Crippen LogP contribution is 2.46. The molecule has 84 valence electrons. The summed E-state index contributed by atoms with van der Waals surface area (Å²) in [4.78, 5) is 0. The van der Waals surface area contributed by atoms with Crippen LogP contribution in [0.1, 0.15) is 29.9 Å². The predicted octanol–water partition coefficient (Wildman–Crippen LogP) is 1.81. The quantitative estimate of drug-likeness (QED) is 0.719. The highest BCUT2D eigenvalue weighted by Gasteiger charge is 2.35. The molecule has 1 aliphatic carbocycles. The Labute approximate surface area is 94.7 Å². The molecule has 1 saturated heterocycles. The number of fused-ring (bicyclic) bond motifs is 5. The number of hydrogen-bond acceptors (Lipinski definition) is 3. The Balaban J connectivity index is 1.86. The van der Waals surface area contributed by atoms with Gasteiger partial charge in [-0.25, -0.2) is 0 Å². The third kappa shape index (κ3) is 1.07. The van der Waals surface area contributed by atoms with Crippen molar-refractivity contribution in [1.29, 1.82) is 0 Å².